The van der Waals surface area contributed by atoms with Gasteiger partial charge in [0.25, 0.3) is 0 Å². The van der Waals surface area contributed by atoms with E-state index >= 15 is 0 Å². The lowest BCUT2D eigenvalue weighted by atomic mass is 10.2. The highest BCUT2D eigenvalue weighted by Crippen LogP contribution is 2.26. The van der Waals surface area contributed by atoms with E-state index in [-0.39, 0.29) is 17.6 Å². The molecular weight excluding hydrogens is 318 g/mol. The van der Waals surface area contributed by atoms with Crippen LogP contribution in [-0.2, 0) is 16.4 Å². The van der Waals surface area contributed by atoms with Crippen LogP contribution in [0.4, 0.5) is 0 Å². The molecule has 1 aromatic carbocycles. The third-order valence-electron chi connectivity index (χ3n) is 2.87. The Morgan fingerprint density at radius 3 is 2.89 bits per heavy atom. The van der Waals surface area contributed by atoms with Crippen molar-refractivity contribution in [2.24, 2.45) is 0 Å². The number of halogens is 1. The molecule has 0 aromatic heterocycles. The highest BCUT2D eigenvalue weighted by atomic mass is 79.9. The third kappa shape index (κ3) is 3.46. The van der Waals surface area contributed by atoms with Gasteiger partial charge in [0.05, 0.1) is 11.5 Å². The van der Waals surface area contributed by atoms with Crippen molar-refractivity contribution in [1.82, 2.24) is 5.32 Å². The van der Waals surface area contributed by atoms with Crippen LogP contribution in [-0.4, -0.2) is 33.1 Å². The van der Waals surface area contributed by atoms with Crippen molar-refractivity contribution in [3.05, 3.63) is 28.2 Å². The Morgan fingerprint density at radius 2 is 2.28 bits per heavy atom. The van der Waals surface area contributed by atoms with E-state index in [2.05, 4.69) is 21.2 Å². The molecule has 0 amide bonds. The largest absolute Gasteiger partial charge is 0.489 e. The Bertz CT molecular complexity index is 530. The molecule has 1 aliphatic rings. The predicted molar refractivity (Wildman–Crippen MR) is 74.6 cm³/mol. The summed E-state index contributed by atoms with van der Waals surface area (Å²) < 4.78 is 29.6. The van der Waals surface area contributed by atoms with Gasteiger partial charge >= 0.3 is 0 Å². The smallest absolute Gasteiger partial charge is 0.154 e. The second-order valence-electron chi connectivity index (χ2n) is 4.43. The van der Waals surface area contributed by atoms with E-state index in [4.69, 9.17) is 4.74 Å². The minimum Gasteiger partial charge on any atom is -0.489 e. The minimum absolute atomic E-state index is 0.127. The van der Waals surface area contributed by atoms with E-state index in [0.717, 1.165) is 15.8 Å². The second kappa shape index (κ2) is 5.59. The molecule has 4 nitrogen and oxygen atoms in total. The average molecular weight is 334 g/mol. The van der Waals surface area contributed by atoms with E-state index in [9.17, 15) is 8.42 Å². The van der Waals surface area contributed by atoms with Crippen molar-refractivity contribution < 1.29 is 13.2 Å². The van der Waals surface area contributed by atoms with E-state index in [0.29, 0.717) is 13.0 Å². The molecular formula is C12H16BrNO3S. The highest BCUT2D eigenvalue weighted by Gasteiger charge is 2.29. The molecule has 1 aromatic rings. The first kappa shape index (κ1) is 13.8. The molecule has 1 unspecified atom stereocenters. The van der Waals surface area contributed by atoms with Gasteiger partial charge in [0, 0.05) is 16.6 Å². The number of nitrogens with one attached hydrogen (secondary N) is 1. The molecule has 0 spiro atoms. The molecule has 1 aliphatic heterocycles. The Kier molecular flexibility index (Phi) is 4.29. The van der Waals surface area contributed by atoms with Gasteiger partial charge in [-0.05, 0) is 31.7 Å². The Hall–Kier alpha value is -0.590. The number of rotatable bonds is 4. The molecule has 1 N–H and O–H groups in total. The van der Waals surface area contributed by atoms with E-state index in [1.165, 1.54) is 0 Å². The first-order chi connectivity index (χ1) is 8.50. The van der Waals surface area contributed by atoms with Gasteiger partial charge in [-0.3, -0.25) is 0 Å². The molecule has 100 valence electrons. The van der Waals surface area contributed by atoms with Crippen LogP contribution < -0.4 is 10.1 Å². The molecule has 2 rings (SSSR count). The lowest BCUT2D eigenvalue weighted by Gasteiger charge is -2.16. The maximum absolute atomic E-state index is 11.4. The van der Waals surface area contributed by atoms with Crippen LogP contribution in [0.3, 0.4) is 0 Å². The average Bonchev–Trinajstić information content (AvgIpc) is 2.62. The zero-order valence-corrected chi connectivity index (χ0v) is 12.6. The quantitative estimate of drug-likeness (QED) is 0.911. The Balaban J connectivity index is 2.14. The summed E-state index contributed by atoms with van der Waals surface area (Å²) in [6.45, 7) is 0.689. The van der Waals surface area contributed by atoms with Crippen molar-refractivity contribution in [2.75, 3.05) is 18.6 Å². The van der Waals surface area contributed by atoms with Crippen molar-refractivity contribution in [2.45, 2.75) is 19.1 Å². The summed E-state index contributed by atoms with van der Waals surface area (Å²) in [4.78, 5) is 0. The highest BCUT2D eigenvalue weighted by molar-refractivity contribution is 9.10. The van der Waals surface area contributed by atoms with Crippen LogP contribution >= 0.6 is 15.9 Å². The van der Waals surface area contributed by atoms with Crippen molar-refractivity contribution in [3.8, 4) is 5.75 Å². The normalized spacial score (nSPS) is 22.0. The van der Waals surface area contributed by atoms with Crippen molar-refractivity contribution in [1.29, 1.82) is 0 Å². The van der Waals surface area contributed by atoms with Gasteiger partial charge in [-0.1, -0.05) is 15.9 Å². The van der Waals surface area contributed by atoms with Crippen molar-refractivity contribution >= 4 is 25.8 Å². The molecule has 1 atom stereocenters. The zero-order valence-electron chi connectivity index (χ0n) is 10.1. The topological polar surface area (TPSA) is 55.4 Å². The minimum atomic E-state index is -2.90. The maximum Gasteiger partial charge on any atom is 0.154 e. The standard InChI is InChI=1S/C12H16BrNO3S/c1-14-7-9-6-10(13)2-3-12(9)17-11-4-5-18(15,16)8-11/h2-3,6,11,14H,4-5,7-8H2,1H3. The van der Waals surface area contributed by atoms with Gasteiger partial charge < -0.3 is 10.1 Å². The lowest BCUT2D eigenvalue weighted by molar-refractivity contribution is 0.226. The summed E-state index contributed by atoms with van der Waals surface area (Å²) in [5, 5.41) is 3.07. The molecule has 1 fully saturated rings. The molecule has 1 heterocycles. The first-order valence-corrected chi connectivity index (χ1v) is 8.42. The molecule has 0 aliphatic carbocycles. The predicted octanol–water partition coefficient (Wildman–Crippen LogP) is 1.73. The first-order valence-electron chi connectivity index (χ1n) is 5.80. The van der Waals surface area contributed by atoms with E-state index in [1.807, 2.05) is 25.2 Å². The third-order valence-corrected chi connectivity index (χ3v) is 5.10. The van der Waals surface area contributed by atoms with Crippen LogP contribution in [0.2, 0.25) is 0 Å². The number of sulfone groups is 1. The number of ether oxygens (including phenoxy) is 1. The maximum atomic E-state index is 11.4. The molecule has 0 bridgehead atoms. The number of hydrogen-bond acceptors (Lipinski definition) is 4. The summed E-state index contributed by atoms with van der Waals surface area (Å²) in [5.41, 5.74) is 1.02. The van der Waals surface area contributed by atoms with Crippen LogP contribution in [0.15, 0.2) is 22.7 Å². The zero-order chi connectivity index (χ0) is 13.2. The van der Waals surface area contributed by atoms with E-state index in [1.54, 1.807) is 0 Å². The van der Waals surface area contributed by atoms with Crippen LogP contribution in [0.5, 0.6) is 5.75 Å². The summed E-state index contributed by atoms with van der Waals surface area (Å²) >= 11 is 3.42. The van der Waals surface area contributed by atoms with Gasteiger partial charge in [0.1, 0.15) is 11.9 Å². The number of hydrogen-bond donors (Lipinski definition) is 1. The summed E-state index contributed by atoms with van der Waals surface area (Å²) in [7, 11) is -1.03. The molecule has 1 saturated heterocycles. The second-order valence-corrected chi connectivity index (χ2v) is 7.57. The fourth-order valence-electron chi connectivity index (χ4n) is 2.02. The fourth-order valence-corrected chi connectivity index (χ4v) is 4.02. The van der Waals surface area contributed by atoms with Gasteiger partial charge in [-0.25, -0.2) is 8.42 Å². The monoisotopic (exact) mass is 333 g/mol. The summed E-state index contributed by atoms with van der Waals surface area (Å²) in [6.07, 6.45) is 0.365. The molecule has 0 saturated carbocycles. The SMILES string of the molecule is CNCc1cc(Br)ccc1OC1CCS(=O)(=O)C1. The van der Waals surface area contributed by atoms with Crippen LogP contribution in [0.25, 0.3) is 0 Å². The van der Waals surface area contributed by atoms with E-state index < -0.39 is 9.84 Å². The summed E-state index contributed by atoms with van der Waals surface area (Å²) in [6, 6.07) is 5.76. The summed E-state index contributed by atoms with van der Waals surface area (Å²) in [5.74, 6) is 1.12. The Morgan fingerprint density at radius 1 is 1.50 bits per heavy atom. The molecule has 6 heteroatoms. The van der Waals surface area contributed by atoms with Crippen LogP contribution in [0, 0.1) is 0 Å². The van der Waals surface area contributed by atoms with Gasteiger partial charge in [0.2, 0.25) is 0 Å². The number of benzene rings is 1. The molecule has 0 radical (unpaired) electrons. The fraction of sp³-hybridized carbons (Fsp3) is 0.500. The van der Waals surface area contributed by atoms with Gasteiger partial charge in [-0.2, -0.15) is 0 Å². The van der Waals surface area contributed by atoms with Crippen molar-refractivity contribution in [3.63, 3.8) is 0 Å². The lowest BCUT2D eigenvalue weighted by Crippen LogP contribution is -2.19. The molecule has 18 heavy (non-hydrogen) atoms. The van der Waals surface area contributed by atoms with Gasteiger partial charge in [-0.15, -0.1) is 0 Å². The van der Waals surface area contributed by atoms with Gasteiger partial charge in [0.15, 0.2) is 9.84 Å². The Labute approximate surface area is 116 Å². The van der Waals surface area contributed by atoms with Crippen LogP contribution in [0.1, 0.15) is 12.0 Å².